The summed E-state index contributed by atoms with van der Waals surface area (Å²) in [6, 6.07) is 7.66. The van der Waals surface area contributed by atoms with Crippen LogP contribution in [0.4, 0.5) is 13.2 Å². The first kappa shape index (κ1) is 22.5. The first-order valence-corrected chi connectivity index (χ1v) is 11.2. The van der Waals surface area contributed by atoms with Crippen molar-refractivity contribution in [2.75, 3.05) is 19.7 Å². The molecule has 8 heteroatoms. The molecule has 1 amide bonds. The molecule has 4 rings (SSSR count). The van der Waals surface area contributed by atoms with Crippen molar-refractivity contribution in [3.63, 3.8) is 0 Å². The number of nitrogens with one attached hydrogen (secondary N) is 1. The van der Waals surface area contributed by atoms with Crippen LogP contribution in [-0.4, -0.2) is 36.7 Å². The molecule has 2 aliphatic heterocycles. The molecule has 1 fully saturated rings. The Balaban J connectivity index is 1.52. The van der Waals surface area contributed by atoms with Crippen LogP contribution in [0.25, 0.3) is 0 Å². The van der Waals surface area contributed by atoms with Gasteiger partial charge in [0.15, 0.2) is 0 Å². The van der Waals surface area contributed by atoms with Crippen molar-refractivity contribution in [2.45, 2.75) is 63.6 Å². The quantitative estimate of drug-likeness (QED) is 0.671. The third-order valence-electron chi connectivity index (χ3n) is 6.90. The summed E-state index contributed by atoms with van der Waals surface area (Å²) in [7, 11) is 0. The SMILES string of the molecule is CC1CCN(C2=C(C#N)C(=O)NC3(CCc4cc(OCCCC(F)(F)F)ccc43)C2)CC1. The number of carbonyl (C=O) groups excluding carboxylic acids is 1. The summed E-state index contributed by atoms with van der Waals surface area (Å²) in [4.78, 5) is 15.1. The highest BCUT2D eigenvalue weighted by atomic mass is 19.4. The van der Waals surface area contributed by atoms with Crippen LogP contribution in [0, 0.1) is 17.2 Å². The van der Waals surface area contributed by atoms with E-state index in [1.165, 1.54) is 0 Å². The maximum atomic E-state index is 12.9. The molecule has 32 heavy (non-hydrogen) atoms. The lowest BCUT2D eigenvalue weighted by Crippen LogP contribution is -2.51. The van der Waals surface area contributed by atoms with Crippen molar-refractivity contribution in [3.05, 3.63) is 40.6 Å². The number of fused-ring (bicyclic) bond motifs is 2. The molecule has 1 aromatic carbocycles. The summed E-state index contributed by atoms with van der Waals surface area (Å²) in [5, 5.41) is 12.8. The van der Waals surface area contributed by atoms with E-state index in [1.807, 2.05) is 12.1 Å². The zero-order valence-corrected chi connectivity index (χ0v) is 18.2. The summed E-state index contributed by atoms with van der Waals surface area (Å²) in [5.74, 6) is 0.863. The number of piperidine rings is 1. The van der Waals surface area contributed by atoms with Gasteiger partial charge in [-0.25, -0.2) is 0 Å². The van der Waals surface area contributed by atoms with E-state index in [9.17, 15) is 23.2 Å². The molecule has 1 spiro atoms. The van der Waals surface area contributed by atoms with E-state index >= 15 is 0 Å². The van der Waals surface area contributed by atoms with E-state index in [0.29, 0.717) is 18.1 Å². The van der Waals surface area contributed by atoms with Crippen molar-refractivity contribution in [3.8, 4) is 11.8 Å². The molecule has 1 unspecified atom stereocenters. The van der Waals surface area contributed by atoms with Gasteiger partial charge in [0.1, 0.15) is 17.4 Å². The second-order valence-electron chi connectivity index (χ2n) is 9.20. The van der Waals surface area contributed by atoms with Crippen LogP contribution in [0.1, 0.15) is 56.6 Å². The number of hydrogen-bond acceptors (Lipinski definition) is 4. The number of aryl methyl sites for hydroxylation is 1. The van der Waals surface area contributed by atoms with Crippen LogP contribution in [0.15, 0.2) is 29.5 Å². The molecule has 5 nitrogen and oxygen atoms in total. The Morgan fingerprint density at radius 3 is 2.75 bits per heavy atom. The van der Waals surface area contributed by atoms with E-state index in [2.05, 4.69) is 23.2 Å². The fourth-order valence-corrected chi connectivity index (χ4v) is 5.09. The standard InChI is InChI=1S/C24H28F3N3O2/c1-16-6-10-30(11-7-16)21-14-23(29-22(31)19(21)15-28)9-5-17-13-18(3-4-20(17)23)32-12-2-8-24(25,26)27/h3-4,13,16H,2,5-12,14H2,1H3,(H,29,31). The molecule has 1 aromatic rings. The molecule has 172 valence electrons. The summed E-state index contributed by atoms with van der Waals surface area (Å²) in [5.41, 5.74) is 2.53. The van der Waals surface area contributed by atoms with Gasteiger partial charge in [-0.05, 0) is 61.3 Å². The summed E-state index contributed by atoms with van der Waals surface area (Å²) in [6.07, 6.45) is -0.995. The van der Waals surface area contributed by atoms with Crippen LogP contribution in [0.2, 0.25) is 0 Å². The molecular formula is C24H28F3N3O2. The highest BCUT2D eigenvalue weighted by Crippen LogP contribution is 2.46. The lowest BCUT2D eigenvalue weighted by molar-refractivity contribution is -0.136. The number of halogens is 3. The van der Waals surface area contributed by atoms with Crippen molar-refractivity contribution in [1.29, 1.82) is 5.26 Å². The minimum absolute atomic E-state index is 0.00593. The van der Waals surface area contributed by atoms with Crippen molar-refractivity contribution < 1.29 is 22.7 Å². The van der Waals surface area contributed by atoms with Crippen molar-refractivity contribution in [2.24, 2.45) is 5.92 Å². The monoisotopic (exact) mass is 447 g/mol. The van der Waals surface area contributed by atoms with E-state index in [-0.39, 0.29) is 24.5 Å². The average Bonchev–Trinajstić information content (AvgIpc) is 3.08. The number of nitriles is 1. The van der Waals surface area contributed by atoms with E-state index in [4.69, 9.17) is 4.74 Å². The van der Waals surface area contributed by atoms with Crippen LogP contribution >= 0.6 is 0 Å². The highest BCUT2D eigenvalue weighted by molar-refractivity contribution is 5.99. The zero-order chi connectivity index (χ0) is 22.9. The van der Waals surface area contributed by atoms with Crippen LogP contribution < -0.4 is 10.1 Å². The number of rotatable bonds is 5. The fourth-order valence-electron chi connectivity index (χ4n) is 5.09. The van der Waals surface area contributed by atoms with Gasteiger partial charge in [-0.2, -0.15) is 18.4 Å². The molecule has 2 heterocycles. The molecular weight excluding hydrogens is 419 g/mol. The van der Waals surface area contributed by atoms with Crippen LogP contribution in [0.3, 0.4) is 0 Å². The van der Waals surface area contributed by atoms with Gasteiger partial charge < -0.3 is 15.0 Å². The summed E-state index contributed by atoms with van der Waals surface area (Å²) in [6.45, 7) is 3.93. The second-order valence-corrected chi connectivity index (χ2v) is 9.20. The van der Waals surface area contributed by atoms with Gasteiger partial charge in [0.05, 0.1) is 12.1 Å². The maximum absolute atomic E-state index is 12.9. The lowest BCUT2D eigenvalue weighted by Gasteiger charge is -2.42. The highest BCUT2D eigenvalue weighted by Gasteiger charge is 2.46. The number of alkyl halides is 3. The van der Waals surface area contributed by atoms with Gasteiger partial charge in [0.25, 0.3) is 5.91 Å². The predicted molar refractivity (Wildman–Crippen MR) is 113 cm³/mol. The summed E-state index contributed by atoms with van der Waals surface area (Å²) >= 11 is 0. The Morgan fingerprint density at radius 2 is 2.06 bits per heavy atom. The van der Waals surface area contributed by atoms with Gasteiger partial charge in [-0.3, -0.25) is 4.79 Å². The third-order valence-corrected chi connectivity index (χ3v) is 6.90. The van der Waals surface area contributed by atoms with Crippen molar-refractivity contribution >= 4 is 5.91 Å². The molecule has 0 aromatic heterocycles. The average molecular weight is 448 g/mol. The maximum Gasteiger partial charge on any atom is 0.389 e. The predicted octanol–water partition coefficient (Wildman–Crippen LogP) is 4.58. The topological polar surface area (TPSA) is 65.4 Å². The third kappa shape index (κ3) is 4.57. The van der Waals surface area contributed by atoms with Crippen molar-refractivity contribution in [1.82, 2.24) is 10.2 Å². The first-order chi connectivity index (χ1) is 15.2. The van der Waals surface area contributed by atoms with Gasteiger partial charge >= 0.3 is 6.18 Å². The van der Waals surface area contributed by atoms with E-state index in [1.54, 1.807) is 6.07 Å². The molecule has 3 aliphatic rings. The van der Waals surface area contributed by atoms with E-state index in [0.717, 1.165) is 55.6 Å². The minimum atomic E-state index is -4.17. The number of nitrogens with zero attached hydrogens (tertiary/aromatic N) is 2. The lowest BCUT2D eigenvalue weighted by atomic mass is 9.81. The van der Waals surface area contributed by atoms with Crippen LogP contribution in [0.5, 0.6) is 5.75 Å². The Bertz CT molecular complexity index is 958. The number of benzene rings is 1. The van der Waals surface area contributed by atoms with E-state index < -0.39 is 18.1 Å². The number of hydrogen-bond donors (Lipinski definition) is 1. The number of amides is 1. The van der Waals surface area contributed by atoms with Crippen LogP contribution in [-0.2, 0) is 16.8 Å². The Hall–Kier alpha value is -2.69. The normalized spacial score (nSPS) is 23.8. The van der Waals surface area contributed by atoms with Gasteiger partial charge in [0.2, 0.25) is 0 Å². The second kappa shape index (κ2) is 8.68. The smallest absolute Gasteiger partial charge is 0.389 e. The molecule has 0 bridgehead atoms. The molecule has 1 saturated heterocycles. The molecule has 0 radical (unpaired) electrons. The Morgan fingerprint density at radius 1 is 1.31 bits per heavy atom. The number of carbonyl (C=O) groups is 1. The first-order valence-electron chi connectivity index (χ1n) is 11.2. The Kier molecular flexibility index (Phi) is 6.11. The minimum Gasteiger partial charge on any atom is -0.494 e. The van der Waals surface area contributed by atoms with Gasteiger partial charge in [-0.1, -0.05) is 13.0 Å². The molecule has 1 atom stereocenters. The molecule has 0 saturated carbocycles. The number of likely N-dealkylation sites (tertiary alicyclic amines) is 1. The van der Waals surface area contributed by atoms with Gasteiger partial charge in [-0.15, -0.1) is 0 Å². The number of ether oxygens (including phenoxy) is 1. The molecule has 1 aliphatic carbocycles. The zero-order valence-electron chi connectivity index (χ0n) is 18.2. The Labute approximate surface area is 186 Å². The largest absolute Gasteiger partial charge is 0.494 e. The summed E-state index contributed by atoms with van der Waals surface area (Å²) < 4.78 is 42.5. The molecule has 1 N–H and O–H groups in total. The van der Waals surface area contributed by atoms with Gasteiger partial charge in [0, 0.05) is 31.6 Å². The fraction of sp³-hybridized carbons (Fsp3) is 0.583.